The number of aliphatic hydroxyl groups is 3. The molecule has 0 bridgehead atoms. The van der Waals surface area contributed by atoms with Crippen LogP contribution in [0.4, 0.5) is 8.78 Å². The van der Waals surface area contributed by atoms with Crippen LogP contribution in [-0.4, -0.2) is 55.9 Å². The Morgan fingerprint density at radius 1 is 1.59 bits per heavy atom. The molecule has 8 nitrogen and oxygen atoms in total. The van der Waals surface area contributed by atoms with E-state index < -0.39 is 54.3 Å². The fraction of sp³-hybridized carbons (Fsp3) is 0.500. The predicted molar refractivity (Wildman–Crippen MR) is 67.0 cm³/mol. The Hall–Kier alpha value is -2.06. The van der Waals surface area contributed by atoms with Gasteiger partial charge in [-0.15, -0.1) is 0 Å². The largest absolute Gasteiger partial charge is 0.394 e. The highest BCUT2D eigenvalue weighted by Crippen LogP contribution is 2.37. The zero-order valence-corrected chi connectivity index (χ0v) is 10.8. The monoisotopic (exact) mass is 320 g/mol. The van der Waals surface area contributed by atoms with Gasteiger partial charge in [0.1, 0.15) is 18.9 Å². The topological polar surface area (TPSA) is 125 Å². The van der Waals surface area contributed by atoms with E-state index in [0.29, 0.717) is 10.8 Å². The van der Waals surface area contributed by atoms with Crippen LogP contribution in [0.25, 0.3) is 0 Å². The molecule has 22 heavy (non-hydrogen) atoms. The second-order valence-corrected chi connectivity index (χ2v) is 4.39. The van der Waals surface area contributed by atoms with E-state index in [0.717, 1.165) is 0 Å². The maximum absolute atomic E-state index is 13.4. The molecule has 4 atom stereocenters. The van der Waals surface area contributed by atoms with Crippen LogP contribution in [0.1, 0.15) is 8.97 Å². The Kier molecular flexibility index (Phi) is 3.69. The molecule has 4 N–H and O–H groups in total. The highest BCUT2D eigenvalue weighted by molar-refractivity contribution is 5.23. The fourth-order valence-corrected chi connectivity index (χ4v) is 2.02. The molecule has 1 unspecified atom stereocenters. The van der Waals surface area contributed by atoms with Gasteiger partial charge in [0, 0.05) is 0 Å². The van der Waals surface area contributed by atoms with Gasteiger partial charge < -0.3 is 20.1 Å². The van der Waals surface area contributed by atoms with E-state index in [2.05, 4.69) is 0 Å². The van der Waals surface area contributed by atoms with Gasteiger partial charge in [-0.05, 0) is 0 Å². The molecule has 2 heterocycles. The first-order valence-corrected chi connectivity index (χ1v) is 5.87. The summed E-state index contributed by atoms with van der Waals surface area (Å²) < 4.78 is 45.3. The van der Waals surface area contributed by atoms with Gasteiger partial charge in [0.05, 0.1) is 15.5 Å². The molecule has 0 amide bonds. The van der Waals surface area contributed by atoms with Gasteiger partial charge in [-0.3, -0.25) is 14.3 Å². The van der Waals surface area contributed by atoms with E-state index in [1.165, 1.54) is 0 Å². The smallest absolute Gasteiger partial charge is 0.330 e. The van der Waals surface area contributed by atoms with Crippen molar-refractivity contribution < 1.29 is 31.6 Å². The number of rotatable bonds is 2. The van der Waals surface area contributed by atoms with Crippen molar-refractivity contribution >= 4 is 0 Å². The Labute approximate surface area is 124 Å². The van der Waals surface area contributed by atoms with Crippen molar-refractivity contribution in [1.82, 2.24) is 9.55 Å². The number of ether oxygens (including phenoxy) is 1. The highest BCUT2D eigenvalue weighted by Gasteiger charge is 2.56. The first-order valence-electron chi connectivity index (χ1n) is 6.87. The quantitative estimate of drug-likeness (QED) is 0.452. The van der Waals surface area contributed by atoms with Crippen molar-refractivity contribution in [2.75, 3.05) is 13.2 Å². The Bertz CT molecular complexity index is 811. The molecular weight excluding hydrogens is 306 g/mol. The molecule has 1 fully saturated rings. The van der Waals surface area contributed by atoms with Crippen LogP contribution < -0.4 is 11.2 Å². The molecule has 0 radical (unpaired) electrons. The summed E-state index contributed by atoms with van der Waals surface area (Å²) in [5.41, 5.74) is -5.39. The third kappa shape index (κ3) is 2.55. The number of aromatic amines is 1. The first-order chi connectivity index (χ1) is 11.0. The van der Waals surface area contributed by atoms with Crippen LogP contribution in [-0.2, 0) is 4.74 Å². The van der Waals surface area contributed by atoms with E-state index >= 15 is 0 Å². The lowest BCUT2D eigenvalue weighted by Crippen LogP contribution is -2.48. The number of aliphatic hydroxyl groups excluding tert-OH is 1. The van der Waals surface area contributed by atoms with Crippen LogP contribution in [0.15, 0.2) is 15.8 Å². The SMILES string of the molecule is [2H]C([2H])(O)[C@H]1O[C@@H](n2cc(F)c(=O)[nH]c2=O)C(O)(C#CCF)[C@H]1O. The molecule has 1 aliphatic rings. The summed E-state index contributed by atoms with van der Waals surface area (Å²) in [6.07, 6.45) is -6.00. The van der Waals surface area contributed by atoms with E-state index in [9.17, 15) is 33.7 Å². The number of H-pyrrole nitrogens is 1. The molecule has 120 valence electrons. The number of nitrogens with zero attached hydrogens (tertiary/aromatic N) is 1. The third-order valence-electron chi connectivity index (χ3n) is 3.05. The lowest BCUT2D eigenvalue weighted by Gasteiger charge is -2.26. The Morgan fingerprint density at radius 2 is 2.27 bits per heavy atom. The number of halogens is 2. The van der Waals surface area contributed by atoms with Crippen molar-refractivity contribution in [3.63, 3.8) is 0 Å². The molecule has 1 aromatic rings. The summed E-state index contributed by atoms with van der Waals surface area (Å²) in [7, 11) is 0. The van der Waals surface area contributed by atoms with Crippen LogP contribution in [0.3, 0.4) is 0 Å². The number of alkyl halides is 1. The molecular formula is C12H12F2N2O6. The van der Waals surface area contributed by atoms with E-state index in [4.69, 9.17) is 7.48 Å². The van der Waals surface area contributed by atoms with Gasteiger partial charge in [-0.25, -0.2) is 9.18 Å². The number of nitrogens with one attached hydrogen (secondary N) is 1. The third-order valence-corrected chi connectivity index (χ3v) is 3.05. The van der Waals surface area contributed by atoms with Gasteiger partial charge >= 0.3 is 5.69 Å². The average Bonchev–Trinajstić information content (AvgIpc) is 2.74. The van der Waals surface area contributed by atoms with Crippen LogP contribution >= 0.6 is 0 Å². The molecule has 10 heteroatoms. The van der Waals surface area contributed by atoms with Crippen LogP contribution in [0, 0.1) is 17.7 Å². The zero-order valence-electron chi connectivity index (χ0n) is 12.8. The van der Waals surface area contributed by atoms with E-state index in [-0.39, 0.29) is 0 Å². The van der Waals surface area contributed by atoms with Crippen LogP contribution in [0.2, 0.25) is 0 Å². The minimum Gasteiger partial charge on any atom is -0.394 e. The molecule has 2 rings (SSSR count). The minimum absolute atomic E-state index is 0.304. The molecule has 1 aliphatic heterocycles. The second kappa shape index (κ2) is 5.98. The van der Waals surface area contributed by atoms with Gasteiger partial charge in [-0.2, -0.15) is 4.39 Å². The molecule has 1 aromatic heterocycles. The molecule has 0 saturated carbocycles. The maximum Gasteiger partial charge on any atom is 0.330 e. The Morgan fingerprint density at radius 3 is 2.86 bits per heavy atom. The summed E-state index contributed by atoms with van der Waals surface area (Å²) >= 11 is 0. The molecule has 0 aliphatic carbocycles. The highest BCUT2D eigenvalue weighted by atomic mass is 19.1. The zero-order chi connectivity index (χ0) is 18.3. The number of hydrogen-bond acceptors (Lipinski definition) is 6. The van der Waals surface area contributed by atoms with Crippen LogP contribution in [0.5, 0.6) is 0 Å². The lowest BCUT2D eigenvalue weighted by molar-refractivity contribution is -0.0770. The van der Waals surface area contributed by atoms with Gasteiger partial charge in [0.15, 0.2) is 11.8 Å². The van der Waals surface area contributed by atoms with Crippen molar-refractivity contribution in [3.8, 4) is 11.8 Å². The maximum atomic E-state index is 13.4. The predicted octanol–water partition coefficient (Wildman–Crippen LogP) is -2.37. The molecule has 0 aromatic carbocycles. The summed E-state index contributed by atoms with van der Waals surface area (Å²) in [6, 6.07) is 0. The van der Waals surface area contributed by atoms with Crippen molar-refractivity contribution in [2.45, 2.75) is 24.0 Å². The number of aromatic nitrogens is 2. The molecule has 1 saturated heterocycles. The van der Waals surface area contributed by atoms with Gasteiger partial charge in [0.25, 0.3) is 5.56 Å². The van der Waals surface area contributed by atoms with E-state index in [1.807, 2.05) is 5.92 Å². The van der Waals surface area contributed by atoms with E-state index in [1.54, 1.807) is 10.9 Å². The summed E-state index contributed by atoms with van der Waals surface area (Å²) in [5, 5.41) is 29.9. The first kappa shape index (κ1) is 13.6. The minimum atomic E-state index is -3.18. The summed E-state index contributed by atoms with van der Waals surface area (Å²) in [4.78, 5) is 24.4. The number of hydrogen-bond donors (Lipinski definition) is 4. The average molecular weight is 320 g/mol. The van der Waals surface area contributed by atoms with Gasteiger partial charge in [0.2, 0.25) is 5.82 Å². The molecule has 0 spiro atoms. The lowest BCUT2D eigenvalue weighted by atomic mass is 9.94. The summed E-state index contributed by atoms with van der Waals surface area (Å²) in [5.74, 6) is 2.22. The summed E-state index contributed by atoms with van der Waals surface area (Å²) in [6.45, 7) is -4.43. The van der Waals surface area contributed by atoms with Crippen molar-refractivity contribution in [3.05, 3.63) is 32.9 Å². The van der Waals surface area contributed by atoms with Gasteiger partial charge in [-0.1, -0.05) is 11.8 Å². The van der Waals surface area contributed by atoms with Crippen molar-refractivity contribution in [1.29, 1.82) is 0 Å². The van der Waals surface area contributed by atoms with Crippen molar-refractivity contribution in [2.24, 2.45) is 0 Å². The standard InChI is InChI=1S/C12H12F2N2O6/c13-3-1-2-12(21)8(18)7(5-17)22-10(12)16-4-6(14)9(19)15-11(16)20/h4,7-8,10,17-18,21H,3,5H2,(H,15,19,20)/t7-,8+,10-,12?/m1/s1/i5D2. The Balaban J connectivity index is 2.64. The fourth-order valence-electron chi connectivity index (χ4n) is 2.02. The second-order valence-electron chi connectivity index (χ2n) is 4.39. The normalized spacial score (nSPS) is 32.9.